The molecule has 2 unspecified atom stereocenters. The number of nitrogens with zero attached hydrogens (tertiary/aromatic N) is 1. The van der Waals surface area contributed by atoms with Crippen molar-refractivity contribution in [3.63, 3.8) is 0 Å². The molecular formula is C15H27N3O. The minimum Gasteiger partial charge on any atom is -0.353 e. The Hall–Kier alpha value is -0.610. The summed E-state index contributed by atoms with van der Waals surface area (Å²) in [5.74, 6) is 1.91. The molecule has 0 spiro atoms. The van der Waals surface area contributed by atoms with E-state index in [0.29, 0.717) is 12.0 Å². The van der Waals surface area contributed by atoms with Crippen molar-refractivity contribution in [2.24, 2.45) is 11.8 Å². The topological polar surface area (TPSA) is 44.4 Å². The van der Waals surface area contributed by atoms with Crippen molar-refractivity contribution < 1.29 is 4.79 Å². The Labute approximate surface area is 116 Å². The van der Waals surface area contributed by atoms with Gasteiger partial charge in [0.2, 0.25) is 5.91 Å². The first-order chi connectivity index (χ1) is 9.31. The predicted molar refractivity (Wildman–Crippen MR) is 75.9 cm³/mol. The van der Waals surface area contributed by atoms with E-state index in [0.717, 1.165) is 25.2 Å². The number of carbonyl (C=O) groups is 1. The minimum atomic E-state index is 0.268. The Balaban J connectivity index is 1.42. The lowest BCUT2D eigenvalue weighted by Gasteiger charge is -2.41. The molecule has 0 aliphatic carbocycles. The zero-order valence-electron chi connectivity index (χ0n) is 11.9. The van der Waals surface area contributed by atoms with Gasteiger partial charge in [-0.15, -0.1) is 0 Å². The number of likely N-dealkylation sites (tertiary alicyclic amines) is 1. The second kappa shape index (κ2) is 6.23. The zero-order chi connectivity index (χ0) is 13.1. The van der Waals surface area contributed by atoms with Crippen molar-refractivity contribution in [1.29, 1.82) is 0 Å². The van der Waals surface area contributed by atoms with E-state index in [4.69, 9.17) is 0 Å². The highest BCUT2D eigenvalue weighted by molar-refractivity contribution is 5.77. The Bertz CT molecular complexity index is 315. The van der Waals surface area contributed by atoms with Crippen LogP contribution in [-0.2, 0) is 4.79 Å². The number of piperidine rings is 3. The lowest BCUT2D eigenvalue weighted by molar-refractivity contribution is -0.125. The maximum absolute atomic E-state index is 11.4. The number of carbonyl (C=O) groups excluding carboxylic acids is 1. The van der Waals surface area contributed by atoms with Gasteiger partial charge in [0.1, 0.15) is 0 Å². The molecule has 4 heteroatoms. The third kappa shape index (κ3) is 3.48. The number of amides is 1. The first-order valence-corrected chi connectivity index (χ1v) is 8.03. The quantitative estimate of drug-likeness (QED) is 0.799. The molecule has 3 aliphatic rings. The van der Waals surface area contributed by atoms with Gasteiger partial charge in [0.25, 0.3) is 0 Å². The molecule has 108 valence electrons. The molecule has 0 aromatic carbocycles. The normalized spacial score (nSPS) is 33.8. The van der Waals surface area contributed by atoms with Crippen LogP contribution in [0.4, 0.5) is 0 Å². The van der Waals surface area contributed by atoms with Crippen LogP contribution in [0, 0.1) is 11.8 Å². The summed E-state index contributed by atoms with van der Waals surface area (Å²) in [5, 5.41) is 6.61. The van der Waals surface area contributed by atoms with Crippen LogP contribution < -0.4 is 10.6 Å². The number of hydrogen-bond acceptors (Lipinski definition) is 3. The summed E-state index contributed by atoms with van der Waals surface area (Å²) >= 11 is 0. The Morgan fingerprint density at radius 1 is 1.16 bits per heavy atom. The van der Waals surface area contributed by atoms with Crippen LogP contribution in [0.2, 0.25) is 0 Å². The third-order valence-electron chi connectivity index (χ3n) is 5.22. The molecule has 4 nitrogen and oxygen atoms in total. The lowest BCUT2D eigenvalue weighted by atomic mass is 9.85. The van der Waals surface area contributed by atoms with Crippen molar-refractivity contribution in [3.8, 4) is 0 Å². The van der Waals surface area contributed by atoms with Crippen LogP contribution in [0.25, 0.3) is 0 Å². The summed E-state index contributed by atoms with van der Waals surface area (Å²) in [5.41, 5.74) is 0. The maximum atomic E-state index is 11.4. The first kappa shape index (κ1) is 13.4. The predicted octanol–water partition coefficient (Wildman–Crippen LogP) is 0.977. The highest BCUT2D eigenvalue weighted by Crippen LogP contribution is 2.26. The second-order valence-electron chi connectivity index (χ2n) is 6.54. The van der Waals surface area contributed by atoms with Crippen LogP contribution in [0.15, 0.2) is 0 Å². The minimum absolute atomic E-state index is 0.268. The van der Waals surface area contributed by atoms with E-state index in [9.17, 15) is 4.79 Å². The smallest absolute Gasteiger partial charge is 0.220 e. The van der Waals surface area contributed by atoms with Gasteiger partial charge in [-0.2, -0.15) is 0 Å². The molecule has 0 aromatic rings. The molecule has 0 saturated carbocycles. The van der Waals surface area contributed by atoms with Crippen molar-refractivity contribution in [2.75, 3.05) is 32.7 Å². The standard InChI is InChI=1S/C15H27N3O/c19-15-2-1-13-11-18(10-6-14(13)17-15)9-5-12-3-7-16-8-4-12/h12-14,16H,1-11H2,(H,17,19). The molecule has 19 heavy (non-hydrogen) atoms. The average molecular weight is 265 g/mol. The Morgan fingerprint density at radius 2 is 2.00 bits per heavy atom. The summed E-state index contributed by atoms with van der Waals surface area (Å²) < 4.78 is 0. The summed E-state index contributed by atoms with van der Waals surface area (Å²) in [6.45, 7) is 6.06. The van der Waals surface area contributed by atoms with Gasteiger partial charge in [0.15, 0.2) is 0 Å². The summed E-state index contributed by atoms with van der Waals surface area (Å²) in [7, 11) is 0. The van der Waals surface area contributed by atoms with Gasteiger partial charge in [0.05, 0.1) is 0 Å². The van der Waals surface area contributed by atoms with Crippen LogP contribution in [0.5, 0.6) is 0 Å². The SMILES string of the molecule is O=C1CCC2CN(CCC3CCNCC3)CCC2N1. The van der Waals surface area contributed by atoms with E-state index >= 15 is 0 Å². The van der Waals surface area contributed by atoms with E-state index in [2.05, 4.69) is 15.5 Å². The number of fused-ring (bicyclic) bond motifs is 1. The monoisotopic (exact) mass is 265 g/mol. The van der Waals surface area contributed by atoms with E-state index in [1.54, 1.807) is 0 Å². The number of nitrogens with one attached hydrogen (secondary N) is 2. The largest absolute Gasteiger partial charge is 0.353 e. The summed E-state index contributed by atoms with van der Waals surface area (Å²) in [4.78, 5) is 14.0. The number of hydrogen-bond donors (Lipinski definition) is 2. The molecule has 0 bridgehead atoms. The highest BCUT2D eigenvalue weighted by Gasteiger charge is 2.33. The van der Waals surface area contributed by atoms with Crippen LogP contribution in [0.3, 0.4) is 0 Å². The van der Waals surface area contributed by atoms with Gasteiger partial charge in [-0.3, -0.25) is 4.79 Å². The van der Waals surface area contributed by atoms with Gasteiger partial charge in [0, 0.05) is 25.6 Å². The third-order valence-corrected chi connectivity index (χ3v) is 5.22. The molecule has 2 N–H and O–H groups in total. The molecular weight excluding hydrogens is 238 g/mol. The first-order valence-electron chi connectivity index (χ1n) is 8.03. The van der Waals surface area contributed by atoms with Gasteiger partial charge < -0.3 is 15.5 Å². The maximum Gasteiger partial charge on any atom is 0.220 e. The fourth-order valence-corrected chi connectivity index (χ4v) is 3.92. The summed E-state index contributed by atoms with van der Waals surface area (Å²) in [6.07, 6.45) is 7.07. The average Bonchev–Trinajstić information content (AvgIpc) is 2.46. The van der Waals surface area contributed by atoms with E-state index < -0.39 is 0 Å². The molecule has 3 fully saturated rings. The molecule has 0 radical (unpaired) electrons. The fraction of sp³-hybridized carbons (Fsp3) is 0.933. The van der Waals surface area contributed by atoms with E-state index in [-0.39, 0.29) is 5.91 Å². The van der Waals surface area contributed by atoms with Gasteiger partial charge in [-0.05, 0) is 63.6 Å². The Kier molecular flexibility index (Phi) is 4.38. The molecule has 2 atom stereocenters. The van der Waals surface area contributed by atoms with E-state index in [1.165, 1.54) is 52.0 Å². The summed E-state index contributed by atoms with van der Waals surface area (Å²) in [6, 6.07) is 0.469. The molecule has 3 rings (SSSR count). The zero-order valence-corrected chi connectivity index (χ0v) is 11.9. The molecule has 3 saturated heterocycles. The molecule has 3 heterocycles. The van der Waals surface area contributed by atoms with Crippen LogP contribution in [0.1, 0.15) is 38.5 Å². The van der Waals surface area contributed by atoms with Crippen LogP contribution >= 0.6 is 0 Å². The Morgan fingerprint density at radius 3 is 2.84 bits per heavy atom. The van der Waals surface area contributed by atoms with Gasteiger partial charge in [-0.1, -0.05) is 0 Å². The van der Waals surface area contributed by atoms with Gasteiger partial charge >= 0.3 is 0 Å². The van der Waals surface area contributed by atoms with Crippen LogP contribution in [-0.4, -0.2) is 49.6 Å². The molecule has 0 aromatic heterocycles. The van der Waals surface area contributed by atoms with E-state index in [1.807, 2.05) is 0 Å². The fourth-order valence-electron chi connectivity index (χ4n) is 3.92. The number of rotatable bonds is 3. The second-order valence-corrected chi connectivity index (χ2v) is 6.54. The van der Waals surface area contributed by atoms with Gasteiger partial charge in [-0.25, -0.2) is 0 Å². The van der Waals surface area contributed by atoms with Crippen molar-refractivity contribution in [1.82, 2.24) is 15.5 Å². The molecule has 1 amide bonds. The highest BCUT2D eigenvalue weighted by atomic mass is 16.1. The van der Waals surface area contributed by atoms with Crippen molar-refractivity contribution in [3.05, 3.63) is 0 Å². The van der Waals surface area contributed by atoms with Crippen molar-refractivity contribution in [2.45, 2.75) is 44.6 Å². The van der Waals surface area contributed by atoms with Crippen molar-refractivity contribution >= 4 is 5.91 Å². The lowest BCUT2D eigenvalue weighted by Crippen LogP contribution is -2.54. The molecule has 3 aliphatic heterocycles.